The van der Waals surface area contributed by atoms with Gasteiger partial charge >= 0.3 is 0 Å². The predicted octanol–water partition coefficient (Wildman–Crippen LogP) is 1.57. The van der Waals surface area contributed by atoms with Gasteiger partial charge in [0, 0.05) is 17.8 Å². The fraction of sp³-hybridized carbons (Fsp3) is 0.562. The highest BCUT2D eigenvalue weighted by molar-refractivity contribution is 7.92. The number of rotatable bonds is 7. The zero-order chi connectivity index (χ0) is 16.7. The van der Waals surface area contributed by atoms with Gasteiger partial charge < -0.3 is 10.6 Å². The summed E-state index contributed by atoms with van der Waals surface area (Å²) in [6, 6.07) is 6.59. The van der Waals surface area contributed by atoms with Gasteiger partial charge in [-0.2, -0.15) is 0 Å². The summed E-state index contributed by atoms with van der Waals surface area (Å²) in [4.78, 5) is 12.2. The minimum Gasteiger partial charge on any atom is -0.352 e. The van der Waals surface area contributed by atoms with Crippen LogP contribution in [-0.2, 0) is 10.0 Å². The summed E-state index contributed by atoms with van der Waals surface area (Å²) in [5.74, 6) is 0.351. The number of hydrogen-bond donors (Lipinski definition) is 3. The number of nitrogens with one attached hydrogen (secondary N) is 3. The van der Waals surface area contributed by atoms with E-state index < -0.39 is 10.0 Å². The first-order valence-electron chi connectivity index (χ1n) is 8.09. The molecule has 0 aliphatic carbocycles. The predicted molar refractivity (Wildman–Crippen MR) is 92.1 cm³/mol. The Labute approximate surface area is 138 Å². The smallest absolute Gasteiger partial charge is 0.251 e. The molecular formula is C16H25N3O3S. The molecule has 1 fully saturated rings. The molecular weight excluding hydrogens is 314 g/mol. The lowest BCUT2D eigenvalue weighted by Crippen LogP contribution is -2.38. The molecule has 0 spiro atoms. The van der Waals surface area contributed by atoms with Gasteiger partial charge in [-0.15, -0.1) is 0 Å². The molecule has 1 heterocycles. The van der Waals surface area contributed by atoms with E-state index in [2.05, 4.69) is 15.4 Å². The van der Waals surface area contributed by atoms with E-state index in [1.165, 1.54) is 0 Å². The Morgan fingerprint density at radius 1 is 1.39 bits per heavy atom. The monoisotopic (exact) mass is 339 g/mol. The van der Waals surface area contributed by atoms with Crippen molar-refractivity contribution in [1.29, 1.82) is 0 Å². The minimum absolute atomic E-state index is 0.0676. The summed E-state index contributed by atoms with van der Waals surface area (Å²) in [6.45, 7) is 4.42. The number of sulfonamides is 1. The van der Waals surface area contributed by atoms with E-state index in [1.807, 2.05) is 6.92 Å². The number of hydrogen-bond acceptors (Lipinski definition) is 4. The largest absolute Gasteiger partial charge is 0.352 e. The lowest BCUT2D eigenvalue weighted by atomic mass is 9.99. The SMILES string of the molecule is CCCS(=O)(=O)Nc1cccc(C(=O)NCC2CCCNC2)c1. The fourth-order valence-electron chi connectivity index (χ4n) is 2.66. The highest BCUT2D eigenvalue weighted by atomic mass is 32.2. The zero-order valence-electron chi connectivity index (χ0n) is 13.5. The van der Waals surface area contributed by atoms with E-state index in [4.69, 9.17) is 0 Å². The van der Waals surface area contributed by atoms with Gasteiger partial charge in [0.25, 0.3) is 5.91 Å². The molecule has 3 N–H and O–H groups in total. The molecule has 1 unspecified atom stereocenters. The Morgan fingerprint density at radius 3 is 2.91 bits per heavy atom. The lowest BCUT2D eigenvalue weighted by molar-refractivity contribution is 0.0945. The van der Waals surface area contributed by atoms with Gasteiger partial charge in [-0.25, -0.2) is 8.42 Å². The van der Waals surface area contributed by atoms with E-state index in [1.54, 1.807) is 24.3 Å². The zero-order valence-corrected chi connectivity index (χ0v) is 14.3. The van der Waals surface area contributed by atoms with Crippen LogP contribution in [0.1, 0.15) is 36.5 Å². The first-order valence-corrected chi connectivity index (χ1v) is 9.75. The van der Waals surface area contributed by atoms with Crippen LogP contribution in [0.25, 0.3) is 0 Å². The Bertz CT molecular complexity index is 625. The molecule has 1 atom stereocenters. The van der Waals surface area contributed by atoms with E-state index in [0.29, 0.717) is 30.1 Å². The highest BCUT2D eigenvalue weighted by Crippen LogP contribution is 2.14. The maximum atomic E-state index is 12.2. The average molecular weight is 339 g/mol. The van der Waals surface area contributed by atoms with Crippen molar-refractivity contribution in [2.75, 3.05) is 30.1 Å². The number of carbonyl (C=O) groups is 1. The summed E-state index contributed by atoms with van der Waals surface area (Å²) in [5.41, 5.74) is 0.885. The van der Waals surface area contributed by atoms with Crippen LogP contribution in [0.2, 0.25) is 0 Å². The van der Waals surface area contributed by atoms with Crippen LogP contribution < -0.4 is 15.4 Å². The van der Waals surface area contributed by atoms with Crippen LogP contribution in [0.4, 0.5) is 5.69 Å². The summed E-state index contributed by atoms with van der Waals surface area (Å²) < 4.78 is 26.1. The van der Waals surface area contributed by atoms with Crippen molar-refractivity contribution in [3.63, 3.8) is 0 Å². The van der Waals surface area contributed by atoms with Crippen LogP contribution in [0.5, 0.6) is 0 Å². The molecule has 6 nitrogen and oxygen atoms in total. The third-order valence-corrected chi connectivity index (χ3v) is 5.31. The molecule has 7 heteroatoms. The van der Waals surface area contributed by atoms with Gasteiger partial charge in [-0.05, 0) is 56.5 Å². The van der Waals surface area contributed by atoms with Crippen molar-refractivity contribution in [1.82, 2.24) is 10.6 Å². The summed E-state index contributed by atoms with van der Waals surface area (Å²) in [7, 11) is -3.35. The normalized spacial score (nSPS) is 18.4. The van der Waals surface area contributed by atoms with Gasteiger partial charge in [0.05, 0.1) is 5.75 Å². The molecule has 0 bridgehead atoms. The lowest BCUT2D eigenvalue weighted by Gasteiger charge is -2.22. The first-order chi connectivity index (χ1) is 11.0. The van der Waals surface area contributed by atoms with Gasteiger partial charge in [0.15, 0.2) is 0 Å². The van der Waals surface area contributed by atoms with Crippen LogP contribution in [0.15, 0.2) is 24.3 Å². The second-order valence-corrected chi connectivity index (χ2v) is 7.77. The van der Waals surface area contributed by atoms with Crippen LogP contribution in [0, 0.1) is 5.92 Å². The molecule has 128 valence electrons. The molecule has 1 aromatic carbocycles. The minimum atomic E-state index is -3.35. The summed E-state index contributed by atoms with van der Waals surface area (Å²) in [5, 5.41) is 6.24. The third-order valence-electron chi connectivity index (χ3n) is 3.82. The quantitative estimate of drug-likeness (QED) is 0.704. The van der Waals surface area contributed by atoms with Crippen molar-refractivity contribution >= 4 is 21.6 Å². The number of amides is 1. The molecule has 1 aromatic rings. The average Bonchev–Trinajstić information content (AvgIpc) is 2.53. The molecule has 0 aromatic heterocycles. The Hall–Kier alpha value is -1.60. The number of carbonyl (C=O) groups excluding carboxylic acids is 1. The summed E-state index contributed by atoms with van der Waals surface area (Å²) in [6.07, 6.45) is 2.80. The van der Waals surface area contributed by atoms with Crippen molar-refractivity contribution < 1.29 is 13.2 Å². The van der Waals surface area contributed by atoms with Crippen molar-refractivity contribution in [2.24, 2.45) is 5.92 Å². The van der Waals surface area contributed by atoms with Crippen molar-refractivity contribution in [2.45, 2.75) is 26.2 Å². The molecule has 1 saturated heterocycles. The fourth-order valence-corrected chi connectivity index (χ4v) is 3.79. The van der Waals surface area contributed by atoms with Gasteiger partial charge in [-0.1, -0.05) is 13.0 Å². The van der Waals surface area contributed by atoms with Crippen molar-refractivity contribution in [3.05, 3.63) is 29.8 Å². The molecule has 1 aliphatic heterocycles. The highest BCUT2D eigenvalue weighted by Gasteiger charge is 2.15. The van der Waals surface area contributed by atoms with E-state index in [-0.39, 0.29) is 11.7 Å². The number of benzene rings is 1. The molecule has 1 amide bonds. The topological polar surface area (TPSA) is 87.3 Å². The number of anilines is 1. The second kappa shape index (κ2) is 8.31. The van der Waals surface area contributed by atoms with E-state index in [9.17, 15) is 13.2 Å². The van der Waals surface area contributed by atoms with Crippen molar-refractivity contribution in [3.8, 4) is 0 Å². The maximum Gasteiger partial charge on any atom is 0.251 e. The molecule has 1 aliphatic rings. The summed E-state index contributed by atoms with van der Waals surface area (Å²) >= 11 is 0. The van der Waals surface area contributed by atoms with E-state index >= 15 is 0 Å². The van der Waals surface area contributed by atoms with Gasteiger partial charge in [-0.3, -0.25) is 9.52 Å². The molecule has 0 saturated carbocycles. The maximum absolute atomic E-state index is 12.2. The molecule has 23 heavy (non-hydrogen) atoms. The van der Waals surface area contributed by atoms with Gasteiger partial charge in [0.2, 0.25) is 10.0 Å². The Kier molecular flexibility index (Phi) is 6.41. The third kappa shape index (κ3) is 5.84. The number of piperidine rings is 1. The standard InChI is InChI=1S/C16H25N3O3S/c1-2-9-23(21,22)19-15-7-3-6-14(10-15)16(20)18-12-13-5-4-8-17-11-13/h3,6-7,10,13,17,19H,2,4-5,8-9,11-12H2,1H3,(H,18,20). The molecule has 2 rings (SSSR count). The Balaban J connectivity index is 1.94. The van der Waals surface area contributed by atoms with Crippen LogP contribution >= 0.6 is 0 Å². The second-order valence-electron chi connectivity index (χ2n) is 5.92. The van der Waals surface area contributed by atoms with Gasteiger partial charge in [0.1, 0.15) is 0 Å². The van der Waals surface area contributed by atoms with E-state index in [0.717, 1.165) is 25.9 Å². The Morgan fingerprint density at radius 2 is 2.22 bits per heavy atom. The van der Waals surface area contributed by atoms with Crippen LogP contribution in [-0.4, -0.2) is 39.7 Å². The first kappa shape index (κ1) is 17.7. The van der Waals surface area contributed by atoms with Crippen LogP contribution in [0.3, 0.4) is 0 Å². The molecule has 0 radical (unpaired) electrons.